The lowest BCUT2D eigenvalue weighted by atomic mass is 10.1. The summed E-state index contributed by atoms with van der Waals surface area (Å²) in [6.07, 6.45) is -4.21. The molecule has 0 aromatic heterocycles. The highest BCUT2D eigenvalue weighted by Crippen LogP contribution is 2.24. The van der Waals surface area contributed by atoms with Gasteiger partial charge in [-0.3, -0.25) is 0 Å². The fraction of sp³-hybridized carbons (Fsp3) is 0.500. The van der Waals surface area contributed by atoms with Crippen LogP contribution in [0.4, 0.5) is 18.9 Å². The van der Waals surface area contributed by atoms with Crippen molar-refractivity contribution in [1.29, 1.82) is 0 Å². The fourth-order valence-electron chi connectivity index (χ4n) is 1.66. The number of benzene rings is 1. The second kappa shape index (κ2) is 5.40. The highest BCUT2D eigenvalue weighted by atomic mass is 19.4. The van der Waals surface area contributed by atoms with Crippen LogP contribution >= 0.6 is 0 Å². The normalized spacial score (nSPS) is 11.6. The first-order valence-electron chi connectivity index (χ1n) is 5.39. The third-order valence-electron chi connectivity index (χ3n) is 2.61. The molecule has 1 aromatic rings. The molecule has 1 N–H and O–H groups in total. The Bertz CT molecular complexity index is 377. The summed E-state index contributed by atoms with van der Waals surface area (Å²) >= 11 is 0. The molecule has 0 unspecified atom stereocenters. The molecule has 0 saturated heterocycles. The van der Waals surface area contributed by atoms with E-state index in [0.717, 1.165) is 11.1 Å². The van der Waals surface area contributed by atoms with E-state index in [1.54, 1.807) is 32.0 Å². The van der Waals surface area contributed by atoms with E-state index >= 15 is 0 Å². The average Bonchev–Trinajstić information content (AvgIpc) is 2.24. The van der Waals surface area contributed by atoms with Crippen molar-refractivity contribution in [1.82, 2.24) is 0 Å². The maximum Gasteiger partial charge on any atom is 0.405 e. The largest absolute Gasteiger partial charge is 0.405 e. The van der Waals surface area contributed by atoms with Crippen molar-refractivity contribution >= 4 is 5.69 Å². The molecule has 0 aliphatic rings. The van der Waals surface area contributed by atoms with Crippen LogP contribution in [0.1, 0.15) is 18.1 Å². The zero-order valence-electron chi connectivity index (χ0n) is 9.88. The number of hydrogen-bond donors (Lipinski definition) is 1. The lowest BCUT2D eigenvalue weighted by Crippen LogP contribution is -2.34. The molecule has 2 nitrogen and oxygen atoms in total. The predicted octanol–water partition coefficient (Wildman–Crippen LogP) is 2.88. The molecule has 96 valence electrons. The van der Waals surface area contributed by atoms with Gasteiger partial charge in [0.2, 0.25) is 0 Å². The number of rotatable bonds is 4. The van der Waals surface area contributed by atoms with Gasteiger partial charge in [0.05, 0.1) is 6.61 Å². The van der Waals surface area contributed by atoms with E-state index in [-0.39, 0.29) is 13.2 Å². The van der Waals surface area contributed by atoms with Gasteiger partial charge in [0, 0.05) is 12.2 Å². The van der Waals surface area contributed by atoms with Gasteiger partial charge in [0.25, 0.3) is 0 Å². The van der Waals surface area contributed by atoms with E-state index < -0.39 is 12.7 Å². The van der Waals surface area contributed by atoms with Crippen molar-refractivity contribution < 1.29 is 18.3 Å². The van der Waals surface area contributed by atoms with Gasteiger partial charge in [0.1, 0.15) is 6.54 Å². The average molecular weight is 247 g/mol. The van der Waals surface area contributed by atoms with Crippen molar-refractivity contribution in [3.8, 4) is 0 Å². The molecule has 0 aliphatic carbocycles. The summed E-state index contributed by atoms with van der Waals surface area (Å²) in [6, 6.07) is 4.93. The van der Waals surface area contributed by atoms with Crippen LogP contribution in [0.5, 0.6) is 0 Å². The van der Waals surface area contributed by atoms with E-state index in [9.17, 15) is 13.2 Å². The first kappa shape index (κ1) is 13.8. The zero-order valence-corrected chi connectivity index (χ0v) is 9.88. The number of nitrogens with zero attached hydrogens (tertiary/aromatic N) is 1. The molecule has 1 rings (SSSR count). The second-order valence-electron chi connectivity index (χ2n) is 3.90. The first-order chi connectivity index (χ1) is 7.87. The summed E-state index contributed by atoms with van der Waals surface area (Å²) < 4.78 is 37.0. The Morgan fingerprint density at radius 3 is 2.35 bits per heavy atom. The van der Waals surface area contributed by atoms with Crippen LogP contribution in [0.25, 0.3) is 0 Å². The topological polar surface area (TPSA) is 23.5 Å². The molecule has 0 aliphatic heterocycles. The summed E-state index contributed by atoms with van der Waals surface area (Å²) in [7, 11) is 0. The van der Waals surface area contributed by atoms with Gasteiger partial charge in [0.15, 0.2) is 0 Å². The smallest absolute Gasteiger partial charge is 0.392 e. The monoisotopic (exact) mass is 247 g/mol. The van der Waals surface area contributed by atoms with Crippen LogP contribution in [-0.2, 0) is 6.61 Å². The minimum atomic E-state index is -4.21. The SMILES string of the molecule is CCN(CC(F)(F)F)c1ccc(CO)c(C)c1. The predicted molar refractivity (Wildman–Crippen MR) is 61.0 cm³/mol. The molecule has 17 heavy (non-hydrogen) atoms. The molecule has 0 fully saturated rings. The van der Waals surface area contributed by atoms with Crippen molar-refractivity contribution in [3.05, 3.63) is 29.3 Å². The van der Waals surface area contributed by atoms with Crippen LogP contribution < -0.4 is 4.90 Å². The minimum Gasteiger partial charge on any atom is -0.392 e. The second-order valence-corrected chi connectivity index (χ2v) is 3.90. The van der Waals surface area contributed by atoms with Crippen LogP contribution in [0, 0.1) is 6.92 Å². The van der Waals surface area contributed by atoms with Crippen LogP contribution in [-0.4, -0.2) is 24.4 Å². The van der Waals surface area contributed by atoms with Gasteiger partial charge in [-0.25, -0.2) is 0 Å². The summed E-state index contributed by atoms with van der Waals surface area (Å²) in [5.41, 5.74) is 2.06. The van der Waals surface area contributed by atoms with Gasteiger partial charge in [-0.05, 0) is 37.1 Å². The molecular formula is C12H16F3NO. The van der Waals surface area contributed by atoms with Gasteiger partial charge < -0.3 is 10.0 Å². The van der Waals surface area contributed by atoms with Crippen molar-refractivity contribution in [2.24, 2.45) is 0 Å². The number of aliphatic hydroxyl groups is 1. The molecule has 0 saturated carbocycles. The van der Waals surface area contributed by atoms with E-state index in [1.807, 2.05) is 0 Å². The summed E-state index contributed by atoms with van der Waals surface area (Å²) in [6.45, 7) is 2.69. The van der Waals surface area contributed by atoms with Crippen molar-refractivity contribution in [3.63, 3.8) is 0 Å². The Balaban J connectivity index is 2.93. The quantitative estimate of drug-likeness (QED) is 0.884. The first-order valence-corrected chi connectivity index (χ1v) is 5.39. The third kappa shape index (κ3) is 3.93. The molecule has 0 heterocycles. The number of anilines is 1. The Labute approximate surface area is 98.7 Å². The van der Waals surface area contributed by atoms with Gasteiger partial charge in [-0.2, -0.15) is 13.2 Å². The van der Waals surface area contributed by atoms with Crippen LogP contribution in [0.2, 0.25) is 0 Å². The maximum atomic E-state index is 12.3. The van der Waals surface area contributed by atoms with Crippen molar-refractivity contribution in [2.75, 3.05) is 18.0 Å². The Hall–Kier alpha value is -1.23. The van der Waals surface area contributed by atoms with Gasteiger partial charge in [-0.15, -0.1) is 0 Å². The highest BCUT2D eigenvalue weighted by molar-refractivity contribution is 5.50. The van der Waals surface area contributed by atoms with Crippen LogP contribution in [0.3, 0.4) is 0 Å². The number of aryl methyl sites for hydroxylation is 1. The molecule has 0 amide bonds. The number of aliphatic hydroxyl groups excluding tert-OH is 1. The molecule has 0 atom stereocenters. The summed E-state index contributed by atoms with van der Waals surface area (Å²) in [5.74, 6) is 0. The van der Waals surface area contributed by atoms with E-state index in [1.165, 1.54) is 4.90 Å². The summed E-state index contributed by atoms with van der Waals surface area (Å²) in [4.78, 5) is 1.26. The minimum absolute atomic E-state index is 0.0997. The Morgan fingerprint density at radius 2 is 1.94 bits per heavy atom. The molecule has 0 spiro atoms. The molecule has 1 aromatic carbocycles. The Morgan fingerprint density at radius 1 is 1.29 bits per heavy atom. The Kier molecular flexibility index (Phi) is 4.40. The van der Waals surface area contributed by atoms with Gasteiger partial charge in [-0.1, -0.05) is 6.07 Å². The van der Waals surface area contributed by atoms with E-state index in [2.05, 4.69) is 0 Å². The maximum absolute atomic E-state index is 12.3. The molecular weight excluding hydrogens is 231 g/mol. The van der Waals surface area contributed by atoms with Crippen molar-refractivity contribution in [2.45, 2.75) is 26.6 Å². The van der Waals surface area contributed by atoms with Crippen LogP contribution in [0.15, 0.2) is 18.2 Å². The molecule has 0 bridgehead atoms. The lowest BCUT2D eigenvalue weighted by molar-refractivity contribution is -0.119. The number of hydrogen-bond acceptors (Lipinski definition) is 2. The number of halogens is 3. The zero-order chi connectivity index (χ0) is 13.1. The fourth-order valence-corrected chi connectivity index (χ4v) is 1.66. The van der Waals surface area contributed by atoms with E-state index in [0.29, 0.717) is 5.69 Å². The summed E-state index contributed by atoms with van der Waals surface area (Å²) in [5, 5.41) is 9.00. The molecule has 0 radical (unpaired) electrons. The highest BCUT2D eigenvalue weighted by Gasteiger charge is 2.30. The standard InChI is InChI=1S/C12H16F3NO/c1-3-16(8-12(13,14)15)11-5-4-10(7-17)9(2)6-11/h4-6,17H,3,7-8H2,1-2H3. The number of alkyl halides is 3. The molecule has 5 heteroatoms. The lowest BCUT2D eigenvalue weighted by Gasteiger charge is -2.25. The third-order valence-corrected chi connectivity index (χ3v) is 2.61. The van der Waals surface area contributed by atoms with Gasteiger partial charge >= 0.3 is 6.18 Å². The van der Waals surface area contributed by atoms with E-state index in [4.69, 9.17) is 5.11 Å².